The molecule has 0 saturated heterocycles. The number of hydrogen-bond donors (Lipinski definition) is 1. The largest absolute Gasteiger partial charge is 0.366 e. The van der Waals surface area contributed by atoms with Gasteiger partial charge >= 0.3 is 0 Å². The fourth-order valence-electron chi connectivity index (χ4n) is 1.46. The Kier molecular flexibility index (Phi) is 2.88. The summed E-state index contributed by atoms with van der Waals surface area (Å²) in [5, 5.41) is 0. The van der Waals surface area contributed by atoms with E-state index in [1.54, 1.807) is 12.4 Å². The summed E-state index contributed by atoms with van der Waals surface area (Å²) in [6.45, 7) is 0. The van der Waals surface area contributed by atoms with E-state index < -0.39 is 0 Å². The second kappa shape index (κ2) is 4.32. The summed E-state index contributed by atoms with van der Waals surface area (Å²) >= 11 is 5.67. The van der Waals surface area contributed by atoms with Gasteiger partial charge in [0.05, 0.1) is 5.88 Å². The molecule has 0 amide bonds. The van der Waals surface area contributed by atoms with Gasteiger partial charge in [0.25, 0.3) is 0 Å². The maximum Gasteiger partial charge on any atom is 0.193 e. The Morgan fingerprint density at radius 2 is 1.87 bits per heavy atom. The van der Waals surface area contributed by atoms with Crippen LogP contribution >= 0.6 is 11.6 Å². The van der Waals surface area contributed by atoms with E-state index in [1.807, 2.05) is 30.3 Å². The first kappa shape index (κ1) is 9.99. The van der Waals surface area contributed by atoms with Crippen molar-refractivity contribution in [3.63, 3.8) is 0 Å². The van der Waals surface area contributed by atoms with E-state index in [4.69, 9.17) is 11.6 Å². The van der Waals surface area contributed by atoms with Crippen molar-refractivity contribution in [1.82, 2.24) is 4.98 Å². The Bertz CT molecular complexity index is 505. The van der Waals surface area contributed by atoms with Crippen LogP contribution in [0.2, 0.25) is 0 Å². The molecule has 0 aliphatic rings. The van der Waals surface area contributed by atoms with Gasteiger partial charge in [-0.3, -0.25) is 4.79 Å². The van der Waals surface area contributed by atoms with E-state index in [2.05, 4.69) is 4.98 Å². The summed E-state index contributed by atoms with van der Waals surface area (Å²) in [6, 6.07) is 9.54. The van der Waals surface area contributed by atoms with Crippen LogP contribution in [0, 0.1) is 0 Å². The van der Waals surface area contributed by atoms with E-state index in [9.17, 15) is 4.79 Å². The first-order valence-electron chi connectivity index (χ1n) is 4.64. The second-order valence-corrected chi connectivity index (χ2v) is 3.49. The number of aromatic nitrogens is 1. The molecule has 0 saturated carbocycles. The number of nitrogens with one attached hydrogen (secondary N) is 1. The summed E-state index contributed by atoms with van der Waals surface area (Å²) in [5.74, 6) is 0.232. The molecule has 0 aliphatic carbocycles. The molecule has 1 aromatic heterocycles. The van der Waals surface area contributed by atoms with Crippen LogP contribution in [0.5, 0.6) is 0 Å². The Balaban J connectivity index is 2.60. The number of aromatic amines is 1. The molecule has 15 heavy (non-hydrogen) atoms. The van der Waals surface area contributed by atoms with Crippen molar-refractivity contribution in [3.8, 4) is 11.1 Å². The highest BCUT2D eigenvalue weighted by molar-refractivity contribution is 6.17. The number of pyridine rings is 1. The molecule has 1 N–H and O–H groups in total. The number of rotatable bonds is 2. The summed E-state index contributed by atoms with van der Waals surface area (Å²) < 4.78 is 0. The van der Waals surface area contributed by atoms with Gasteiger partial charge in [-0.05, 0) is 5.56 Å². The number of benzene rings is 1. The molecule has 76 valence electrons. The third-order valence-electron chi connectivity index (χ3n) is 2.25. The fraction of sp³-hybridized carbons (Fsp3) is 0.0833. The van der Waals surface area contributed by atoms with E-state index in [-0.39, 0.29) is 11.3 Å². The van der Waals surface area contributed by atoms with Crippen molar-refractivity contribution in [2.45, 2.75) is 5.88 Å². The lowest BCUT2D eigenvalue weighted by Crippen LogP contribution is -2.10. The predicted octanol–water partition coefficient (Wildman–Crippen LogP) is 2.78. The zero-order valence-electron chi connectivity index (χ0n) is 8.03. The van der Waals surface area contributed by atoms with E-state index in [0.717, 1.165) is 5.56 Å². The minimum Gasteiger partial charge on any atom is -0.366 e. The van der Waals surface area contributed by atoms with Crippen molar-refractivity contribution < 1.29 is 0 Å². The lowest BCUT2D eigenvalue weighted by Gasteiger charge is -2.01. The predicted molar refractivity (Wildman–Crippen MR) is 62.1 cm³/mol. The van der Waals surface area contributed by atoms with Crippen molar-refractivity contribution >= 4 is 11.6 Å². The highest BCUT2D eigenvalue weighted by Crippen LogP contribution is 2.14. The molecule has 1 aromatic carbocycles. The minimum atomic E-state index is -0.00468. The van der Waals surface area contributed by atoms with Crippen LogP contribution in [0.3, 0.4) is 0 Å². The average Bonchev–Trinajstić information content (AvgIpc) is 2.30. The normalized spacial score (nSPS) is 10.2. The highest BCUT2D eigenvalue weighted by Gasteiger charge is 2.05. The van der Waals surface area contributed by atoms with Gasteiger partial charge in [0.1, 0.15) is 0 Å². The van der Waals surface area contributed by atoms with Gasteiger partial charge in [-0.1, -0.05) is 30.3 Å². The van der Waals surface area contributed by atoms with Gasteiger partial charge in [0, 0.05) is 23.5 Å². The highest BCUT2D eigenvalue weighted by atomic mass is 35.5. The zero-order chi connectivity index (χ0) is 10.7. The van der Waals surface area contributed by atoms with Crippen molar-refractivity contribution in [3.05, 3.63) is 58.5 Å². The van der Waals surface area contributed by atoms with E-state index in [0.29, 0.717) is 11.1 Å². The smallest absolute Gasteiger partial charge is 0.193 e. The molecule has 0 aliphatic heterocycles. The van der Waals surface area contributed by atoms with E-state index >= 15 is 0 Å². The molecule has 3 heteroatoms. The number of halogens is 1. The molecule has 1 heterocycles. The number of alkyl halides is 1. The third-order valence-corrected chi connectivity index (χ3v) is 2.54. The van der Waals surface area contributed by atoms with Crippen LogP contribution in [-0.2, 0) is 5.88 Å². The monoisotopic (exact) mass is 219 g/mol. The van der Waals surface area contributed by atoms with Crippen LogP contribution in [0.4, 0.5) is 0 Å². The maximum absolute atomic E-state index is 11.9. The van der Waals surface area contributed by atoms with Crippen molar-refractivity contribution in [2.24, 2.45) is 0 Å². The molecule has 2 nitrogen and oxygen atoms in total. The Labute approximate surface area is 92.5 Å². The quantitative estimate of drug-likeness (QED) is 0.775. The molecule has 0 bridgehead atoms. The molecule has 0 fully saturated rings. The maximum atomic E-state index is 11.9. The second-order valence-electron chi connectivity index (χ2n) is 3.22. The molecule has 2 aromatic rings. The van der Waals surface area contributed by atoms with E-state index in [1.165, 1.54) is 0 Å². The van der Waals surface area contributed by atoms with Gasteiger partial charge in [0.15, 0.2) is 5.43 Å². The summed E-state index contributed by atoms with van der Waals surface area (Å²) in [6.07, 6.45) is 3.34. The number of H-pyrrole nitrogens is 1. The van der Waals surface area contributed by atoms with Crippen molar-refractivity contribution in [2.75, 3.05) is 0 Å². The molecule has 0 unspecified atom stereocenters. The Hall–Kier alpha value is -1.54. The minimum absolute atomic E-state index is 0.00468. The molecule has 2 rings (SSSR count). The first-order valence-corrected chi connectivity index (χ1v) is 5.17. The average molecular weight is 220 g/mol. The van der Waals surface area contributed by atoms with Crippen molar-refractivity contribution in [1.29, 1.82) is 0 Å². The van der Waals surface area contributed by atoms with Gasteiger partial charge in [0.2, 0.25) is 0 Å². The lowest BCUT2D eigenvalue weighted by atomic mass is 10.1. The van der Waals surface area contributed by atoms with Crippen LogP contribution in [0.15, 0.2) is 47.5 Å². The molecule has 0 spiro atoms. The standard InChI is InChI=1S/C12H10ClNO/c13-6-10-7-14-8-11(12(10)15)9-4-2-1-3-5-9/h1-5,7-8H,6H2,(H,14,15). The van der Waals surface area contributed by atoms with Gasteiger partial charge in [-0.15, -0.1) is 11.6 Å². The zero-order valence-corrected chi connectivity index (χ0v) is 8.79. The van der Waals surface area contributed by atoms with Crippen LogP contribution < -0.4 is 5.43 Å². The van der Waals surface area contributed by atoms with Gasteiger partial charge < -0.3 is 4.98 Å². The molecule has 0 atom stereocenters. The first-order chi connectivity index (χ1) is 7.33. The van der Waals surface area contributed by atoms with Gasteiger partial charge in [-0.25, -0.2) is 0 Å². The SMILES string of the molecule is O=c1c(CCl)c[nH]cc1-c1ccccc1. The summed E-state index contributed by atoms with van der Waals surface area (Å²) in [5.41, 5.74) is 2.16. The fourth-order valence-corrected chi connectivity index (χ4v) is 1.66. The lowest BCUT2D eigenvalue weighted by molar-refractivity contribution is 1.21. The summed E-state index contributed by atoms with van der Waals surface area (Å²) in [4.78, 5) is 14.8. The molecule has 0 radical (unpaired) electrons. The summed E-state index contributed by atoms with van der Waals surface area (Å²) in [7, 11) is 0. The van der Waals surface area contributed by atoms with Gasteiger partial charge in [-0.2, -0.15) is 0 Å². The Morgan fingerprint density at radius 3 is 2.53 bits per heavy atom. The van der Waals surface area contributed by atoms with Crippen LogP contribution in [0.1, 0.15) is 5.56 Å². The Morgan fingerprint density at radius 1 is 1.13 bits per heavy atom. The van der Waals surface area contributed by atoms with Crippen LogP contribution in [-0.4, -0.2) is 4.98 Å². The molecular formula is C12H10ClNO. The third kappa shape index (κ3) is 1.95. The molecular weight excluding hydrogens is 210 g/mol. The number of hydrogen-bond acceptors (Lipinski definition) is 1. The van der Waals surface area contributed by atoms with Crippen LogP contribution in [0.25, 0.3) is 11.1 Å². The topological polar surface area (TPSA) is 32.9 Å².